The molecule has 0 spiro atoms. The highest BCUT2D eigenvalue weighted by Gasteiger charge is 2.19. The largest absolute Gasteiger partial charge is 0.371 e. The third kappa shape index (κ3) is 3.59. The molecule has 3 rings (SSSR count). The predicted molar refractivity (Wildman–Crippen MR) is 90.1 cm³/mol. The first kappa shape index (κ1) is 16.1. The van der Waals surface area contributed by atoms with E-state index in [0.29, 0.717) is 5.02 Å². The number of halogens is 2. The van der Waals surface area contributed by atoms with Gasteiger partial charge in [-0.2, -0.15) is 0 Å². The highest BCUT2D eigenvalue weighted by atomic mass is 35.5. The lowest BCUT2D eigenvalue weighted by Gasteiger charge is -2.19. The van der Waals surface area contributed by atoms with Crippen molar-refractivity contribution < 1.29 is 12.8 Å². The lowest BCUT2D eigenvalue weighted by atomic mass is 10.2. The molecule has 122 valence electrons. The van der Waals surface area contributed by atoms with E-state index in [1.165, 1.54) is 30.3 Å². The van der Waals surface area contributed by atoms with Crippen LogP contribution in [0.25, 0.3) is 0 Å². The maximum absolute atomic E-state index is 14.0. The molecular formula is C16H16ClFN2O2S. The Hall–Kier alpha value is -1.79. The lowest BCUT2D eigenvalue weighted by Crippen LogP contribution is -2.19. The topological polar surface area (TPSA) is 49.4 Å². The molecule has 0 radical (unpaired) electrons. The van der Waals surface area contributed by atoms with Gasteiger partial charge < -0.3 is 4.90 Å². The van der Waals surface area contributed by atoms with Crippen molar-refractivity contribution in [3.63, 3.8) is 0 Å². The molecule has 0 atom stereocenters. The van der Waals surface area contributed by atoms with Crippen LogP contribution in [-0.2, 0) is 10.0 Å². The summed E-state index contributed by atoms with van der Waals surface area (Å²) < 4.78 is 41.1. The summed E-state index contributed by atoms with van der Waals surface area (Å²) in [6.07, 6.45) is 2.17. The van der Waals surface area contributed by atoms with E-state index in [9.17, 15) is 12.8 Å². The minimum absolute atomic E-state index is 0.00373. The molecule has 0 amide bonds. The summed E-state index contributed by atoms with van der Waals surface area (Å²) in [6, 6.07) is 10.3. The van der Waals surface area contributed by atoms with Crippen LogP contribution < -0.4 is 9.62 Å². The third-order valence-electron chi connectivity index (χ3n) is 3.77. The summed E-state index contributed by atoms with van der Waals surface area (Å²) in [6.45, 7) is 1.79. The molecule has 1 heterocycles. The van der Waals surface area contributed by atoms with Crippen LogP contribution in [0, 0.1) is 5.82 Å². The number of anilines is 2. The third-order valence-corrected chi connectivity index (χ3v) is 5.37. The van der Waals surface area contributed by atoms with Gasteiger partial charge in [-0.1, -0.05) is 17.7 Å². The fourth-order valence-corrected chi connectivity index (χ4v) is 3.96. The molecule has 23 heavy (non-hydrogen) atoms. The smallest absolute Gasteiger partial charge is 0.262 e. The summed E-state index contributed by atoms with van der Waals surface area (Å²) in [4.78, 5) is 2.10. The first-order valence-electron chi connectivity index (χ1n) is 7.29. The molecule has 0 aliphatic carbocycles. The van der Waals surface area contributed by atoms with Crippen LogP contribution in [0.3, 0.4) is 0 Å². The quantitative estimate of drug-likeness (QED) is 0.906. The van der Waals surface area contributed by atoms with Crippen molar-refractivity contribution in [1.29, 1.82) is 0 Å². The van der Waals surface area contributed by atoms with E-state index < -0.39 is 15.8 Å². The minimum Gasteiger partial charge on any atom is -0.371 e. The van der Waals surface area contributed by atoms with Gasteiger partial charge in [-0.05, 0) is 49.2 Å². The fourth-order valence-electron chi connectivity index (χ4n) is 2.60. The molecule has 0 unspecified atom stereocenters. The second-order valence-corrected chi connectivity index (χ2v) is 7.54. The van der Waals surface area contributed by atoms with E-state index in [0.717, 1.165) is 31.6 Å². The lowest BCUT2D eigenvalue weighted by molar-refractivity contribution is 0.598. The van der Waals surface area contributed by atoms with Crippen molar-refractivity contribution in [3.8, 4) is 0 Å². The number of nitrogens with zero attached hydrogens (tertiary/aromatic N) is 1. The number of sulfonamides is 1. The first-order chi connectivity index (χ1) is 11.0. The summed E-state index contributed by atoms with van der Waals surface area (Å²) in [5.41, 5.74) is 0.752. The zero-order valence-corrected chi connectivity index (χ0v) is 13.9. The number of nitrogens with one attached hydrogen (secondary N) is 1. The Morgan fingerprint density at radius 3 is 2.52 bits per heavy atom. The zero-order chi connectivity index (χ0) is 16.4. The Balaban J connectivity index is 1.91. The van der Waals surface area contributed by atoms with Crippen LogP contribution in [-0.4, -0.2) is 21.5 Å². The van der Waals surface area contributed by atoms with Crippen molar-refractivity contribution in [1.82, 2.24) is 0 Å². The average molecular weight is 355 g/mol. The average Bonchev–Trinajstić information content (AvgIpc) is 3.04. The van der Waals surface area contributed by atoms with E-state index in [1.54, 1.807) is 12.1 Å². The van der Waals surface area contributed by atoms with Crippen LogP contribution in [0.1, 0.15) is 12.8 Å². The molecule has 1 aliphatic rings. The van der Waals surface area contributed by atoms with Crippen molar-refractivity contribution >= 4 is 33.0 Å². The molecule has 0 bridgehead atoms. The monoisotopic (exact) mass is 354 g/mol. The molecule has 2 aromatic carbocycles. The Kier molecular flexibility index (Phi) is 4.46. The molecule has 1 N–H and O–H groups in total. The highest BCUT2D eigenvalue weighted by Crippen LogP contribution is 2.27. The van der Waals surface area contributed by atoms with E-state index in [2.05, 4.69) is 9.62 Å². The van der Waals surface area contributed by atoms with Gasteiger partial charge >= 0.3 is 0 Å². The maximum Gasteiger partial charge on any atom is 0.262 e. The van der Waals surface area contributed by atoms with Gasteiger partial charge in [0.05, 0.1) is 10.6 Å². The number of benzene rings is 2. The molecule has 7 heteroatoms. The van der Waals surface area contributed by atoms with Crippen LogP contribution in [0.4, 0.5) is 15.8 Å². The number of rotatable bonds is 4. The zero-order valence-electron chi connectivity index (χ0n) is 12.3. The number of hydrogen-bond acceptors (Lipinski definition) is 3. The standard InChI is InChI=1S/C16H16ClFN2O2S/c17-12-4-3-5-14(10-12)23(21,22)19-16-11-13(6-7-15(16)18)20-8-1-2-9-20/h3-7,10-11,19H,1-2,8-9H2. The van der Waals surface area contributed by atoms with Crippen molar-refractivity contribution in [3.05, 3.63) is 53.3 Å². The predicted octanol–water partition coefficient (Wildman–Crippen LogP) is 3.88. The van der Waals surface area contributed by atoms with Crippen LogP contribution in [0.15, 0.2) is 47.4 Å². The van der Waals surface area contributed by atoms with E-state index >= 15 is 0 Å². The summed E-state index contributed by atoms with van der Waals surface area (Å²) in [5.74, 6) is -0.612. The number of hydrogen-bond donors (Lipinski definition) is 1. The summed E-state index contributed by atoms with van der Waals surface area (Å²) in [5, 5.41) is 0.305. The molecular weight excluding hydrogens is 339 g/mol. The van der Waals surface area contributed by atoms with Gasteiger partial charge in [0, 0.05) is 23.8 Å². The Morgan fingerprint density at radius 1 is 1.09 bits per heavy atom. The van der Waals surface area contributed by atoms with Gasteiger partial charge in [0.1, 0.15) is 5.82 Å². The second-order valence-electron chi connectivity index (χ2n) is 5.42. The van der Waals surface area contributed by atoms with Gasteiger partial charge in [0.15, 0.2) is 0 Å². The fraction of sp³-hybridized carbons (Fsp3) is 0.250. The van der Waals surface area contributed by atoms with E-state index in [4.69, 9.17) is 11.6 Å². The summed E-state index contributed by atoms with van der Waals surface area (Å²) in [7, 11) is -3.89. The van der Waals surface area contributed by atoms with Crippen LogP contribution in [0.2, 0.25) is 5.02 Å². The first-order valence-corrected chi connectivity index (χ1v) is 9.15. The molecule has 1 fully saturated rings. The summed E-state index contributed by atoms with van der Waals surface area (Å²) >= 11 is 5.82. The molecule has 1 aliphatic heterocycles. The van der Waals surface area contributed by atoms with Gasteiger partial charge in [-0.3, -0.25) is 4.72 Å². The van der Waals surface area contributed by atoms with Crippen molar-refractivity contribution in [2.24, 2.45) is 0 Å². The van der Waals surface area contributed by atoms with Gasteiger partial charge in [0.2, 0.25) is 0 Å². The highest BCUT2D eigenvalue weighted by molar-refractivity contribution is 7.92. The van der Waals surface area contributed by atoms with Crippen molar-refractivity contribution in [2.75, 3.05) is 22.7 Å². The Labute approximate surface area is 139 Å². The Morgan fingerprint density at radius 2 is 1.83 bits per heavy atom. The minimum atomic E-state index is -3.89. The molecule has 2 aromatic rings. The van der Waals surface area contributed by atoms with Crippen molar-refractivity contribution in [2.45, 2.75) is 17.7 Å². The van der Waals surface area contributed by atoms with Crippen LogP contribution in [0.5, 0.6) is 0 Å². The molecule has 0 saturated carbocycles. The molecule has 1 saturated heterocycles. The van der Waals surface area contributed by atoms with Gasteiger partial charge in [0.25, 0.3) is 10.0 Å². The molecule has 4 nitrogen and oxygen atoms in total. The SMILES string of the molecule is O=S(=O)(Nc1cc(N2CCCC2)ccc1F)c1cccc(Cl)c1. The second kappa shape index (κ2) is 6.37. The molecule has 0 aromatic heterocycles. The maximum atomic E-state index is 14.0. The van der Waals surface area contributed by atoms with Gasteiger partial charge in [-0.15, -0.1) is 0 Å². The van der Waals surface area contributed by atoms with E-state index in [-0.39, 0.29) is 10.6 Å². The normalized spacial score (nSPS) is 15.0. The van der Waals surface area contributed by atoms with Crippen LogP contribution >= 0.6 is 11.6 Å². The van der Waals surface area contributed by atoms with E-state index in [1.807, 2.05) is 0 Å². The van der Waals surface area contributed by atoms with Gasteiger partial charge in [-0.25, -0.2) is 12.8 Å². The Bertz CT molecular complexity index is 821.